The summed E-state index contributed by atoms with van der Waals surface area (Å²) in [5.41, 5.74) is 1.43. The summed E-state index contributed by atoms with van der Waals surface area (Å²) in [7, 11) is -4.23. The minimum atomic E-state index is -4.23. The Bertz CT molecular complexity index is 1680. The van der Waals surface area contributed by atoms with E-state index < -0.39 is 40.1 Å². The van der Waals surface area contributed by atoms with Crippen molar-refractivity contribution in [2.24, 2.45) is 11.8 Å². The molecule has 3 aromatic rings. The van der Waals surface area contributed by atoms with Crippen LogP contribution in [0.25, 0.3) is 0 Å². The monoisotopic (exact) mass is 699 g/mol. The zero-order valence-corrected chi connectivity index (χ0v) is 29.6. The lowest BCUT2D eigenvalue weighted by Gasteiger charge is -2.34. The number of rotatable bonds is 16. The molecule has 0 saturated carbocycles. The molecule has 0 unspecified atom stereocenters. The van der Waals surface area contributed by atoms with Gasteiger partial charge in [0.1, 0.15) is 6.04 Å². The summed E-state index contributed by atoms with van der Waals surface area (Å²) in [5, 5.41) is 26.9. The number of nitrogens with one attached hydrogen (secondary N) is 1. The van der Waals surface area contributed by atoms with Gasteiger partial charge in [-0.3, -0.25) is 4.79 Å². The Balaban J connectivity index is 1.58. The summed E-state index contributed by atoms with van der Waals surface area (Å²) in [6, 6.07) is 12.3. The number of urea groups is 1. The third-order valence-electron chi connectivity index (χ3n) is 8.15. The standard InChI is InChI=1S/C34H45N5O7S2/c1-22(2)18-38(48(45,46)28-13-9-12-26(17-28)33(42)43)20-30(40)29(16-25-10-7-6-8-11-25)36-32(41)31(23(3)4)39-15-14-37(34(39)44)19-27-21-47-24(5)35-27/h6-13,17,21-23,29-31,40H,14-16,18-20H2,1-5H3,(H,36,41)(H,42,43)/t29-,30+,31-/m0/s1. The molecule has 1 aliphatic rings. The van der Waals surface area contributed by atoms with Gasteiger partial charge < -0.3 is 25.3 Å². The Morgan fingerprint density at radius 3 is 2.35 bits per heavy atom. The van der Waals surface area contributed by atoms with Crippen molar-refractivity contribution in [1.82, 2.24) is 24.4 Å². The fourth-order valence-electron chi connectivity index (χ4n) is 5.86. The van der Waals surface area contributed by atoms with E-state index in [4.69, 9.17) is 0 Å². The highest BCUT2D eigenvalue weighted by atomic mass is 32.2. The first kappa shape index (κ1) is 37.0. The molecule has 3 N–H and O–H groups in total. The molecule has 14 heteroatoms. The third kappa shape index (κ3) is 9.19. The minimum Gasteiger partial charge on any atom is -0.478 e. The second-order valence-corrected chi connectivity index (χ2v) is 15.9. The van der Waals surface area contributed by atoms with E-state index in [0.717, 1.165) is 26.6 Å². The summed E-state index contributed by atoms with van der Waals surface area (Å²) in [6.45, 7) is 10.1. The van der Waals surface area contributed by atoms with Gasteiger partial charge in [-0.2, -0.15) is 4.31 Å². The number of thiazole rings is 1. The van der Waals surface area contributed by atoms with Gasteiger partial charge in [0.2, 0.25) is 15.9 Å². The number of carboxylic acid groups (broad SMARTS) is 1. The zero-order valence-electron chi connectivity index (χ0n) is 27.9. The second-order valence-electron chi connectivity index (χ2n) is 12.9. The van der Waals surface area contributed by atoms with Crippen LogP contribution in [0, 0.1) is 18.8 Å². The average Bonchev–Trinajstić information content (AvgIpc) is 3.61. The molecule has 0 spiro atoms. The van der Waals surface area contributed by atoms with Crippen LogP contribution in [0.2, 0.25) is 0 Å². The molecule has 4 rings (SSSR count). The first-order valence-electron chi connectivity index (χ1n) is 16.0. The first-order valence-corrected chi connectivity index (χ1v) is 18.3. The number of carbonyl (C=O) groups excluding carboxylic acids is 2. The normalized spacial score (nSPS) is 15.7. The van der Waals surface area contributed by atoms with Crippen LogP contribution in [0.3, 0.4) is 0 Å². The van der Waals surface area contributed by atoms with Gasteiger partial charge in [-0.15, -0.1) is 11.3 Å². The SMILES string of the molecule is Cc1nc(CN2CCN([C@H](C(=O)N[C@@H](Cc3ccccc3)[C@H](O)CN(CC(C)C)S(=O)(=O)c3cccc(C(=O)O)c3)C(C)C)C2=O)cs1. The van der Waals surface area contributed by atoms with Gasteiger partial charge in [-0.1, -0.05) is 64.1 Å². The van der Waals surface area contributed by atoms with Gasteiger partial charge in [0, 0.05) is 31.6 Å². The van der Waals surface area contributed by atoms with Crippen molar-refractivity contribution in [3.8, 4) is 0 Å². The lowest BCUT2D eigenvalue weighted by molar-refractivity contribution is -0.128. The van der Waals surface area contributed by atoms with Crippen LogP contribution in [0.1, 0.15) is 54.3 Å². The maximum Gasteiger partial charge on any atom is 0.335 e. The number of aliphatic hydroxyl groups excluding tert-OH is 1. The Labute approximate surface area is 286 Å². The van der Waals surface area contributed by atoms with Crippen molar-refractivity contribution in [1.29, 1.82) is 0 Å². The summed E-state index contributed by atoms with van der Waals surface area (Å²) < 4.78 is 28.8. The molecular formula is C34H45N5O7S2. The molecule has 2 heterocycles. The molecule has 3 amide bonds. The van der Waals surface area contributed by atoms with Crippen LogP contribution in [-0.4, -0.2) is 100.0 Å². The molecule has 48 heavy (non-hydrogen) atoms. The number of benzene rings is 2. The van der Waals surface area contributed by atoms with Crippen molar-refractivity contribution in [2.45, 2.75) is 70.7 Å². The average molecular weight is 700 g/mol. The molecule has 3 atom stereocenters. The van der Waals surface area contributed by atoms with Crippen LogP contribution in [0.4, 0.5) is 4.79 Å². The number of hydrogen-bond acceptors (Lipinski definition) is 8. The fourth-order valence-corrected chi connectivity index (χ4v) is 8.13. The fraction of sp³-hybridized carbons (Fsp3) is 0.471. The van der Waals surface area contributed by atoms with Crippen LogP contribution in [0.5, 0.6) is 0 Å². The van der Waals surface area contributed by atoms with Crippen molar-refractivity contribution in [3.05, 3.63) is 81.8 Å². The Kier molecular flexibility index (Phi) is 12.4. The van der Waals surface area contributed by atoms with Crippen molar-refractivity contribution < 1.29 is 33.0 Å². The van der Waals surface area contributed by atoms with Gasteiger partial charge in [0.15, 0.2) is 0 Å². The van der Waals surface area contributed by atoms with Gasteiger partial charge in [0.25, 0.3) is 0 Å². The van der Waals surface area contributed by atoms with E-state index in [2.05, 4.69) is 10.3 Å². The lowest BCUT2D eigenvalue weighted by Crippen LogP contribution is -2.57. The summed E-state index contributed by atoms with van der Waals surface area (Å²) >= 11 is 1.51. The van der Waals surface area contributed by atoms with E-state index in [0.29, 0.717) is 19.6 Å². The highest BCUT2D eigenvalue weighted by Crippen LogP contribution is 2.23. The van der Waals surface area contributed by atoms with E-state index in [1.165, 1.54) is 29.5 Å². The molecule has 1 aliphatic heterocycles. The molecule has 1 saturated heterocycles. The summed E-state index contributed by atoms with van der Waals surface area (Å²) in [5.74, 6) is -2.09. The largest absolute Gasteiger partial charge is 0.478 e. The molecule has 0 radical (unpaired) electrons. The molecule has 0 aliphatic carbocycles. The third-order valence-corrected chi connectivity index (χ3v) is 10.8. The summed E-state index contributed by atoms with van der Waals surface area (Å²) in [6.07, 6.45) is -1.15. The number of aryl methyl sites for hydroxylation is 1. The number of aromatic carboxylic acids is 1. The Morgan fingerprint density at radius 1 is 1.04 bits per heavy atom. The van der Waals surface area contributed by atoms with Crippen LogP contribution in [0.15, 0.2) is 64.9 Å². The van der Waals surface area contributed by atoms with Gasteiger partial charge in [-0.05, 0) is 48.9 Å². The molecule has 12 nitrogen and oxygen atoms in total. The molecule has 1 fully saturated rings. The van der Waals surface area contributed by atoms with E-state index in [1.807, 2.05) is 70.3 Å². The predicted octanol–water partition coefficient (Wildman–Crippen LogP) is 3.85. The van der Waals surface area contributed by atoms with Crippen LogP contribution >= 0.6 is 11.3 Å². The molecule has 0 bridgehead atoms. The number of carboxylic acids is 1. The van der Waals surface area contributed by atoms with Crippen LogP contribution < -0.4 is 5.32 Å². The van der Waals surface area contributed by atoms with E-state index in [1.54, 1.807) is 9.80 Å². The Morgan fingerprint density at radius 2 is 1.75 bits per heavy atom. The number of nitrogens with zero attached hydrogens (tertiary/aromatic N) is 4. The number of aliphatic hydroxyl groups is 1. The van der Waals surface area contributed by atoms with E-state index in [-0.39, 0.29) is 47.8 Å². The number of hydrogen-bond donors (Lipinski definition) is 3. The predicted molar refractivity (Wildman–Crippen MR) is 183 cm³/mol. The number of amides is 3. The van der Waals surface area contributed by atoms with Crippen molar-refractivity contribution >= 4 is 39.3 Å². The van der Waals surface area contributed by atoms with Crippen molar-refractivity contribution in [3.63, 3.8) is 0 Å². The maximum atomic E-state index is 14.0. The zero-order chi connectivity index (χ0) is 35.2. The van der Waals surface area contributed by atoms with Gasteiger partial charge >= 0.3 is 12.0 Å². The van der Waals surface area contributed by atoms with Crippen LogP contribution in [-0.2, 0) is 27.8 Å². The second kappa shape index (κ2) is 16.0. The van der Waals surface area contributed by atoms with E-state index >= 15 is 0 Å². The highest BCUT2D eigenvalue weighted by molar-refractivity contribution is 7.89. The first-order chi connectivity index (χ1) is 22.7. The van der Waals surface area contributed by atoms with Crippen molar-refractivity contribution in [2.75, 3.05) is 26.2 Å². The molecule has 260 valence electrons. The molecular weight excluding hydrogens is 655 g/mol. The number of carbonyl (C=O) groups is 3. The van der Waals surface area contributed by atoms with E-state index in [9.17, 15) is 33.0 Å². The van der Waals surface area contributed by atoms with Gasteiger partial charge in [-0.25, -0.2) is 23.0 Å². The molecule has 1 aromatic heterocycles. The van der Waals surface area contributed by atoms with Gasteiger partial charge in [0.05, 0.1) is 39.9 Å². The molecule has 2 aromatic carbocycles. The number of sulfonamides is 1. The quantitative estimate of drug-likeness (QED) is 0.203. The minimum absolute atomic E-state index is 0.0495. The summed E-state index contributed by atoms with van der Waals surface area (Å²) in [4.78, 5) is 46.6. The maximum absolute atomic E-state index is 14.0. The topological polar surface area (TPSA) is 160 Å². The Hall–Kier alpha value is -3.85. The number of aromatic nitrogens is 1. The highest BCUT2D eigenvalue weighted by Gasteiger charge is 2.40. The lowest BCUT2D eigenvalue weighted by atomic mass is 9.97. The smallest absolute Gasteiger partial charge is 0.335 e.